The Hall–Kier alpha value is -1.75. The van der Waals surface area contributed by atoms with E-state index in [0.717, 1.165) is 24.8 Å². The van der Waals surface area contributed by atoms with Crippen LogP contribution >= 0.6 is 34.8 Å². The highest BCUT2D eigenvalue weighted by Gasteiger charge is 2.35. The monoisotopic (exact) mass is 480 g/mol. The van der Waals surface area contributed by atoms with Crippen molar-refractivity contribution in [2.75, 3.05) is 5.88 Å². The fourth-order valence-corrected chi connectivity index (χ4v) is 4.74. The number of hydrogen-bond donors (Lipinski definition) is 1. The largest absolute Gasteiger partial charge is 0.351 e. The predicted octanol–water partition coefficient (Wildman–Crippen LogP) is 6.00. The fraction of sp³-hybridized carbons (Fsp3) is 0.417. The minimum Gasteiger partial charge on any atom is -0.351 e. The molecular formula is C24H27Cl3N2O2. The quantitative estimate of drug-likeness (QED) is 0.493. The molecule has 0 aromatic heterocycles. The number of halogens is 3. The molecule has 166 valence electrons. The van der Waals surface area contributed by atoms with Crippen molar-refractivity contribution in [1.29, 1.82) is 0 Å². The third kappa shape index (κ3) is 5.94. The molecule has 0 radical (unpaired) electrons. The van der Waals surface area contributed by atoms with E-state index in [9.17, 15) is 9.59 Å². The smallest absolute Gasteiger partial charge is 0.247 e. The van der Waals surface area contributed by atoms with Crippen LogP contribution in [-0.4, -0.2) is 28.6 Å². The molecule has 2 aromatic carbocycles. The first-order valence-electron chi connectivity index (χ1n) is 10.6. The van der Waals surface area contributed by atoms with Crippen molar-refractivity contribution in [2.45, 2.75) is 51.2 Å². The summed E-state index contributed by atoms with van der Waals surface area (Å²) < 4.78 is 0. The number of nitrogens with one attached hydrogen (secondary N) is 1. The van der Waals surface area contributed by atoms with E-state index in [0.29, 0.717) is 21.5 Å². The van der Waals surface area contributed by atoms with Gasteiger partial charge in [0.25, 0.3) is 0 Å². The number of amides is 2. The van der Waals surface area contributed by atoms with E-state index < -0.39 is 6.04 Å². The molecule has 3 rings (SSSR count). The molecule has 1 aliphatic rings. The molecule has 0 saturated heterocycles. The zero-order valence-corrected chi connectivity index (χ0v) is 19.8. The van der Waals surface area contributed by atoms with Gasteiger partial charge in [0.05, 0.1) is 0 Å². The second-order valence-corrected chi connectivity index (χ2v) is 9.13. The van der Waals surface area contributed by atoms with Crippen molar-refractivity contribution in [3.8, 4) is 0 Å². The minimum absolute atomic E-state index is 0.0690. The number of nitrogens with zero attached hydrogens (tertiary/aromatic N) is 1. The van der Waals surface area contributed by atoms with Gasteiger partial charge in [-0.15, -0.1) is 11.6 Å². The Kier molecular flexibility index (Phi) is 8.65. The molecule has 3 atom stereocenters. The molecule has 7 heteroatoms. The zero-order chi connectivity index (χ0) is 22.4. The van der Waals surface area contributed by atoms with Crippen LogP contribution in [0.15, 0.2) is 48.5 Å². The fourth-order valence-electron chi connectivity index (χ4n) is 4.15. The Morgan fingerprint density at radius 1 is 1.03 bits per heavy atom. The second-order valence-electron chi connectivity index (χ2n) is 8.05. The third-order valence-electron chi connectivity index (χ3n) is 5.93. The SMILES string of the molecule is C[C@@H]1CCCC[C@H]1NC(=O)[C@H](c1ccccc1Cl)N(Cc1ccccc1Cl)C(=O)CCl. The summed E-state index contributed by atoms with van der Waals surface area (Å²) in [6.45, 7) is 2.30. The summed E-state index contributed by atoms with van der Waals surface area (Å²) in [6, 6.07) is 13.5. The summed E-state index contributed by atoms with van der Waals surface area (Å²) in [5.41, 5.74) is 1.30. The minimum atomic E-state index is -0.912. The zero-order valence-electron chi connectivity index (χ0n) is 17.5. The molecule has 0 spiro atoms. The van der Waals surface area contributed by atoms with E-state index in [1.165, 1.54) is 11.3 Å². The van der Waals surface area contributed by atoms with Gasteiger partial charge in [-0.05, 0) is 36.5 Å². The molecule has 1 saturated carbocycles. The number of hydrogen-bond acceptors (Lipinski definition) is 2. The van der Waals surface area contributed by atoms with Crippen LogP contribution in [0.4, 0.5) is 0 Å². The molecule has 0 unspecified atom stereocenters. The number of benzene rings is 2. The maximum atomic E-state index is 13.6. The summed E-state index contributed by atoms with van der Waals surface area (Å²) in [4.78, 5) is 28.0. The molecule has 1 aliphatic carbocycles. The van der Waals surface area contributed by atoms with E-state index in [-0.39, 0.29) is 30.3 Å². The van der Waals surface area contributed by atoms with Gasteiger partial charge in [-0.25, -0.2) is 0 Å². The van der Waals surface area contributed by atoms with Gasteiger partial charge >= 0.3 is 0 Å². The summed E-state index contributed by atoms with van der Waals surface area (Å²) >= 11 is 18.8. The molecule has 0 heterocycles. The average molecular weight is 482 g/mol. The summed E-state index contributed by atoms with van der Waals surface area (Å²) in [5.74, 6) is -0.487. The highest BCUT2D eigenvalue weighted by atomic mass is 35.5. The first kappa shape index (κ1) is 23.9. The van der Waals surface area contributed by atoms with E-state index >= 15 is 0 Å². The Bertz CT molecular complexity index is 921. The van der Waals surface area contributed by atoms with Crippen LogP contribution in [0.25, 0.3) is 0 Å². The average Bonchev–Trinajstić information content (AvgIpc) is 2.77. The van der Waals surface area contributed by atoms with Crippen molar-refractivity contribution in [2.24, 2.45) is 5.92 Å². The van der Waals surface area contributed by atoms with Crippen LogP contribution in [0.1, 0.15) is 49.8 Å². The van der Waals surface area contributed by atoms with Crippen molar-refractivity contribution in [3.63, 3.8) is 0 Å². The van der Waals surface area contributed by atoms with Crippen molar-refractivity contribution >= 4 is 46.6 Å². The number of alkyl halides is 1. The Balaban J connectivity index is 1.99. The standard InChI is InChI=1S/C24H27Cl3N2O2/c1-16-8-2-7-13-21(16)28-24(31)23(18-10-4-6-12-20(18)27)29(22(30)14-25)15-17-9-3-5-11-19(17)26/h3-6,9-12,16,21,23H,2,7-8,13-15H2,1H3,(H,28,31)/t16-,21-,23+/m1/s1. The summed E-state index contributed by atoms with van der Waals surface area (Å²) in [5, 5.41) is 4.13. The van der Waals surface area contributed by atoms with Gasteiger partial charge in [0, 0.05) is 28.2 Å². The Labute approximate surface area is 198 Å². The van der Waals surface area contributed by atoms with Gasteiger partial charge in [-0.1, -0.05) is 79.4 Å². The normalized spacial score (nSPS) is 19.5. The van der Waals surface area contributed by atoms with E-state index in [2.05, 4.69) is 12.2 Å². The molecule has 1 fully saturated rings. The highest BCUT2D eigenvalue weighted by Crippen LogP contribution is 2.32. The molecule has 0 aliphatic heterocycles. The van der Waals surface area contributed by atoms with Crippen molar-refractivity contribution < 1.29 is 9.59 Å². The van der Waals surface area contributed by atoms with Crippen molar-refractivity contribution in [1.82, 2.24) is 10.2 Å². The lowest BCUT2D eigenvalue weighted by Gasteiger charge is -2.35. The van der Waals surface area contributed by atoms with Gasteiger partial charge in [0.1, 0.15) is 11.9 Å². The van der Waals surface area contributed by atoms with Gasteiger partial charge in [-0.2, -0.15) is 0 Å². The van der Waals surface area contributed by atoms with Gasteiger partial charge in [-0.3, -0.25) is 9.59 Å². The first-order chi connectivity index (χ1) is 14.9. The van der Waals surface area contributed by atoms with Crippen molar-refractivity contribution in [3.05, 3.63) is 69.7 Å². The summed E-state index contributed by atoms with van der Waals surface area (Å²) in [7, 11) is 0. The van der Waals surface area contributed by atoms with Gasteiger partial charge in [0.2, 0.25) is 11.8 Å². The summed E-state index contributed by atoms with van der Waals surface area (Å²) in [6.07, 6.45) is 4.25. The number of carbonyl (C=O) groups is 2. The van der Waals surface area contributed by atoms with E-state index in [1.54, 1.807) is 24.3 Å². The molecule has 4 nitrogen and oxygen atoms in total. The maximum Gasteiger partial charge on any atom is 0.247 e. The molecule has 2 amide bonds. The van der Waals surface area contributed by atoms with Crippen LogP contribution in [-0.2, 0) is 16.1 Å². The lowest BCUT2D eigenvalue weighted by molar-refractivity contribution is -0.140. The highest BCUT2D eigenvalue weighted by molar-refractivity contribution is 6.32. The lowest BCUT2D eigenvalue weighted by Crippen LogP contribution is -2.49. The lowest BCUT2D eigenvalue weighted by atomic mass is 9.85. The number of rotatable bonds is 7. The predicted molar refractivity (Wildman–Crippen MR) is 126 cm³/mol. The molecule has 0 bridgehead atoms. The Morgan fingerprint density at radius 2 is 1.68 bits per heavy atom. The van der Waals surface area contributed by atoms with Crippen LogP contribution in [0.5, 0.6) is 0 Å². The van der Waals surface area contributed by atoms with Crippen LogP contribution < -0.4 is 5.32 Å². The van der Waals surface area contributed by atoms with E-state index in [4.69, 9.17) is 34.8 Å². The molecular weight excluding hydrogens is 455 g/mol. The van der Waals surface area contributed by atoms with Crippen LogP contribution in [0.2, 0.25) is 10.0 Å². The third-order valence-corrected chi connectivity index (χ3v) is 6.87. The Morgan fingerprint density at radius 3 is 2.32 bits per heavy atom. The number of carbonyl (C=O) groups excluding carboxylic acids is 2. The van der Waals surface area contributed by atoms with E-state index in [1.807, 2.05) is 24.3 Å². The van der Waals surface area contributed by atoms with Gasteiger partial charge < -0.3 is 10.2 Å². The maximum absolute atomic E-state index is 13.6. The first-order valence-corrected chi connectivity index (χ1v) is 11.8. The topological polar surface area (TPSA) is 49.4 Å². The van der Waals surface area contributed by atoms with Gasteiger partial charge in [0.15, 0.2) is 0 Å². The molecule has 2 aromatic rings. The van der Waals surface area contributed by atoms with Crippen LogP contribution in [0.3, 0.4) is 0 Å². The second kappa shape index (κ2) is 11.2. The van der Waals surface area contributed by atoms with Crippen LogP contribution in [0, 0.1) is 5.92 Å². The molecule has 1 N–H and O–H groups in total. The molecule has 31 heavy (non-hydrogen) atoms.